The molecule has 0 aromatic heterocycles. The first-order valence-electron chi connectivity index (χ1n) is 11.2. The molecular formula is C27H28Cl2N2O2S. The van der Waals surface area contributed by atoms with Crippen LogP contribution in [0.5, 0.6) is 0 Å². The molecule has 0 saturated carbocycles. The quantitative estimate of drug-likeness (QED) is 0.307. The monoisotopic (exact) mass is 514 g/mol. The molecule has 3 rings (SSSR count). The molecular weight excluding hydrogens is 487 g/mol. The van der Waals surface area contributed by atoms with E-state index in [0.29, 0.717) is 29.6 Å². The van der Waals surface area contributed by atoms with E-state index in [1.807, 2.05) is 61.5 Å². The van der Waals surface area contributed by atoms with Crippen LogP contribution in [0.2, 0.25) is 10.0 Å². The summed E-state index contributed by atoms with van der Waals surface area (Å²) in [4.78, 5) is 29.4. The first-order valence-corrected chi connectivity index (χ1v) is 12.9. The number of halogens is 2. The standard InChI is InChI=1S/C27H28Cl2N2O2S/c1-2-16-30-27(33)25(17-20-6-4-3-5-7-20)31(18-21-8-10-22(28)11-9-21)26(32)19-34-24-14-12-23(29)13-15-24/h3-15,25H,2,16-19H2,1H3,(H,30,33)/t25-/m0/s1. The average molecular weight is 516 g/mol. The van der Waals surface area contributed by atoms with E-state index in [4.69, 9.17) is 23.2 Å². The number of nitrogens with one attached hydrogen (secondary N) is 1. The predicted molar refractivity (Wildman–Crippen MR) is 141 cm³/mol. The molecule has 0 unspecified atom stereocenters. The molecule has 0 spiro atoms. The van der Waals surface area contributed by atoms with Gasteiger partial charge in [-0.3, -0.25) is 9.59 Å². The summed E-state index contributed by atoms with van der Waals surface area (Å²) in [5, 5.41) is 4.26. The highest BCUT2D eigenvalue weighted by Crippen LogP contribution is 2.23. The van der Waals surface area contributed by atoms with Crippen LogP contribution in [0.1, 0.15) is 24.5 Å². The topological polar surface area (TPSA) is 49.4 Å². The Labute approximate surface area is 215 Å². The van der Waals surface area contributed by atoms with Gasteiger partial charge >= 0.3 is 0 Å². The zero-order chi connectivity index (χ0) is 24.3. The number of amides is 2. The number of carbonyl (C=O) groups is 2. The molecule has 34 heavy (non-hydrogen) atoms. The van der Waals surface area contributed by atoms with Crippen molar-refractivity contribution in [3.05, 3.63) is 100 Å². The maximum absolute atomic E-state index is 13.5. The van der Waals surface area contributed by atoms with Gasteiger partial charge in [-0.1, -0.05) is 72.6 Å². The van der Waals surface area contributed by atoms with Crippen LogP contribution in [-0.2, 0) is 22.6 Å². The van der Waals surface area contributed by atoms with E-state index in [1.54, 1.807) is 29.2 Å². The third kappa shape index (κ3) is 8.08. The molecule has 0 saturated heterocycles. The molecule has 1 atom stereocenters. The Bertz CT molecular complexity index is 1060. The van der Waals surface area contributed by atoms with Crippen molar-refractivity contribution in [2.24, 2.45) is 0 Å². The van der Waals surface area contributed by atoms with Gasteiger partial charge in [0.05, 0.1) is 5.75 Å². The summed E-state index contributed by atoms with van der Waals surface area (Å²) in [5.41, 5.74) is 1.91. The Morgan fingerprint density at radius 2 is 1.50 bits per heavy atom. The first kappa shape index (κ1) is 26.1. The maximum Gasteiger partial charge on any atom is 0.243 e. The van der Waals surface area contributed by atoms with Gasteiger partial charge in [0.15, 0.2) is 0 Å². The van der Waals surface area contributed by atoms with Gasteiger partial charge in [0.25, 0.3) is 0 Å². The van der Waals surface area contributed by atoms with Gasteiger partial charge in [-0.15, -0.1) is 11.8 Å². The van der Waals surface area contributed by atoms with Crippen LogP contribution in [0, 0.1) is 0 Å². The lowest BCUT2D eigenvalue weighted by atomic mass is 10.0. The van der Waals surface area contributed by atoms with Crippen molar-refractivity contribution in [1.82, 2.24) is 10.2 Å². The number of carbonyl (C=O) groups excluding carboxylic acids is 2. The van der Waals surface area contributed by atoms with Gasteiger partial charge in [-0.25, -0.2) is 0 Å². The second-order valence-electron chi connectivity index (χ2n) is 7.89. The molecule has 0 aliphatic carbocycles. The van der Waals surface area contributed by atoms with E-state index in [-0.39, 0.29) is 17.6 Å². The van der Waals surface area contributed by atoms with E-state index in [0.717, 1.165) is 22.4 Å². The number of hydrogen-bond acceptors (Lipinski definition) is 3. The van der Waals surface area contributed by atoms with E-state index in [2.05, 4.69) is 5.32 Å². The number of hydrogen-bond donors (Lipinski definition) is 1. The summed E-state index contributed by atoms with van der Waals surface area (Å²) in [7, 11) is 0. The Morgan fingerprint density at radius 1 is 0.882 bits per heavy atom. The third-order valence-corrected chi connectivity index (χ3v) is 6.76. The molecule has 3 aromatic rings. The molecule has 0 aliphatic heterocycles. The van der Waals surface area contributed by atoms with Crippen LogP contribution >= 0.6 is 35.0 Å². The van der Waals surface area contributed by atoms with Gasteiger partial charge in [0.1, 0.15) is 6.04 Å². The largest absolute Gasteiger partial charge is 0.354 e. The summed E-state index contributed by atoms with van der Waals surface area (Å²) in [6.07, 6.45) is 1.25. The summed E-state index contributed by atoms with van der Waals surface area (Å²) < 4.78 is 0. The highest BCUT2D eigenvalue weighted by Gasteiger charge is 2.30. The van der Waals surface area contributed by atoms with Crippen LogP contribution in [-0.4, -0.2) is 35.1 Å². The fourth-order valence-corrected chi connectivity index (χ4v) is 4.50. The summed E-state index contributed by atoms with van der Waals surface area (Å²) in [6.45, 7) is 2.88. The minimum Gasteiger partial charge on any atom is -0.354 e. The molecule has 2 amide bonds. The number of benzene rings is 3. The molecule has 0 bridgehead atoms. The Balaban J connectivity index is 1.87. The molecule has 0 aliphatic rings. The Morgan fingerprint density at radius 3 is 2.12 bits per heavy atom. The van der Waals surface area contributed by atoms with E-state index < -0.39 is 6.04 Å². The van der Waals surface area contributed by atoms with E-state index in [1.165, 1.54) is 11.8 Å². The van der Waals surface area contributed by atoms with Crippen molar-refractivity contribution in [2.45, 2.75) is 37.2 Å². The third-order valence-electron chi connectivity index (χ3n) is 5.26. The number of nitrogens with zero attached hydrogens (tertiary/aromatic N) is 1. The van der Waals surface area contributed by atoms with Crippen molar-refractivity contribution in [1.29, 1.82) is 0 Å². The highest BCUT2D eigenvalue weighted by molar-refractivity contribution is 8.00. The minimum atomic E-state index is -0.636. The van der Waals surface area contributed by atoms with Crippen molar-refractivity contribution >= 4 is 46.8 Å². The highest BCUT2D eigenvalue weighted by atomic mass is 35.5. The maximum atomic E-state index is 13.5. The average Bonchev–Trinajstić information content (AvgIpc) is 2.86. The van der Waals surface area contributed by atoms with Crippen LogP contribution < -0.4 is 5.32 Å². The normalized spacial score (nSPS) is 11.6. The van der Waals surface area contributed by atoms with Crippen molar-refractivity contribution < 1.29 is 9.59 Å². The summed E-state index contributed by atoms with van der Waals surface area (Å²) >= 11 is 13.5. The van der Waals surface area contributed by atoms with E-state index >= 15 is 0 Å². The van der Waals surface area contributed by atoms with Crippen LogP contribution in [0.3, 0.4) is 0 Å². The molecule has 3 aromatic carbocycles. The van der Waals surface area contributed by atoms with Crippen molar-refractivity contribution in [3.63, 3.8) is 0 Å². The van der Waals surface area contributed by atoms with Gasteiger partial charge in [0, 0.05) is 34.5 Å². The Hall–Kier alpha value is -2.47. The number of thioether (sulfide) groups is 1. The lowest BCUT2D eigenvalue weighted by molar-refractivity contribution is -0.139. The first-order chi connectivity index (χ1) is 16.5. The molecule has 0 fully saturated rings. The molecule has 7 heteroatoms. The molecule has 0 heterocycles. The van der Waals surface area contributed by atoms with Crippen molar-refractivity contribution in [2.75, 3.05) is 12.3 Å². The summed E-state index contributed by atoms with van der Waals surface area (Å²) in [5.74, 6) is -0.0475. The zero-order valence-electron chi connectivity index (χ0n) is 19.0. The van der Waals surface area contributed by atoms with Gasteiger partial charge in [-0.2, -0.15) is 0 Å². The summed E-state index contributed by atoms with van der Waals surface area (Å²) in [6, 6.07) is 23.9. The van der Waals surface area contributed by atoms with Gasteiger partial charge in [-0.05, 0) is 53.9 Å². The SMILES string of the molecule is CCCNC(=O)[C@H](Cc1ccccc1)N(Cc1ccc(Cl)cc1)C(=O)CSc1ccc(Cl)cc1. The molecule has 0 radical (unpaired) electrons. The molecule has 1 N–H and O–H groups in total. The van der Waals surface area contributed by atoms with Crippen molar-refractivity contribution in [3.8, 4) is 0 Å². The fraction of sp³-hybridized carbons (Fsp3) is 0.259. The lowest BCUT2D eigenvalue weighted by Gasteiger charge is -2.31. The number of rotatable bonds is 11. The fourth-order valence-electron chi connectivity index (χ4n) is 3.47. The van der Waals surface area contributed by atoms with Crippen LogP contribution in [0.25, 0.3) is 0 Å². The lowest BCUT2D eigenvalue weighted by Crippen LogP contribution is -2.51. The second-order valence-corrected chi connectivity index (χ2v) is 9.81. The van der Waals surface area contributed by atoms with Crippen LogP contribution in [0.4, 0.5) is 0 Å². The molecule has 4 nitrogen and oxygen atoms in total. The van der Waals surface area contributed by atoms with Gasteiger partial charge < -0.3 is 10.2 Å². The van der Waals surface area contributed by atoms with Gasteiger partial charge in [0.2, 0.25) is 11.8 Å². The molecule has 178 valence electrons. The minimum absolute atomic E-state index is 0.109. The second kappa shape index (κ2) is 13.4. The predicted octanol–water partition coefficient (Wildman–Crippen LogP) is 6.25. The smallest absolute Gasteiger partial charge is 0.243 e. The Kier molecular flexibility index (Phi) is 10.3. The zero-order valence-corrected chi connectivity index (χ0v) is 21.4. The van der Waals surface area contributed by atoms with Crippen LogP contribution in [0.15, 0.2) is 83.8 Å². The van der Waals surface area contributed by atoms with E-state index in [9.17, 15) is 9.59 Å².